The highest BCUT2D eigenvalue weighted by Gasteiger charge is 2.34. The second kappa shape index (κ2) is 4.64. The zero-order valence-electron chi connectivity index (χ0n) is 10.4. The predicted molar refractivity (Wildman–Crippen MR) is 70.4 cm³/mol. The van der Waals surface area contributed by atoms with Crippen LogP contribution < -0.4 is 4.90 Å². The van der Waals surface area contributed by atoms with E-state index < -0.39 is 5.92 Å². The lowest BCUT2D eigenvalue weighted by atomic mass is 10.0. The van der Waals surface area contributed by atoms with Crippen molar-refractivity contribution in [2.45, 2.75) is 18.8 Å². The summed E-state index contributed by atoms with van der Waals surface area (Å²) >= 11 is 0. The molecule has 0 spiro atoms. The Bertz CT molecular complexity index is 541. The van der Waals surface area contributed by atoms with Crippen LogP contribution in [0.15, 0.2) is 36.5 Å². The van der Waals surface area contributed by atoms with Crippen LogP contribution >= 0.6 is 0 Å². The van der Waals surface area contributed by atoms with E-state index in [9.17, 15) is 8.78 Å². The molecule has 0 amide bonds. The number of anilines is 1. The van der Waals surface area contributed by atoms with Crippen LogP contribution in [0.5, 0.6) is 0 Å². The van der Waals surface area contributed by atoms with Crippen LogP contribution in [-0.4, -0.2) is 29.2 Å². The van der Waals surface area contributed by atoms with Crippen molar-refractivity contribution in [1.82, 2.24) is 10.2 Å². The molecule has 1 N–H and O–H groups in total. The van der Waals surface area contributed by atoms with Gasteiger partial charge in [0.25, 0.3) is 5.92 Å². The maximum Gasteiger partial charge on any atom is 0.251 e. The highest BCUT2D eigenvalue weighted by atomic mass is 19.3. The van der Waals surface area contributed by atoms with Crippen LogP contribution in [-0.2, 0) is 0 Å². The van der Waals surface area contributed by atoms with Crippen molar-refractivity contribution >= 4 is 5.69 Å². The van der Waals surface area contributed by atoms with Crippen molar-refractivity contribution in [3.8, 4) is 11.3 Å². The van der Waals surface area contributed by atoms with Crippen LogP contribution in [0.4, 0.5) is 14.5 Å². The molecule has 0 aliphatic carbocycles. The molecule has 0 bridgehead atoms. The number of benzene rings is 1. The van der Waals surface area contributed by atoms with Gasteiger partial charge in [-0.2, -0.15) is 5.10 Å². The van der Waals surface area contributed by atoms with Crippen LogP contribution in [0.25, 0.3) is 11.3 Å². The van der Waals surface area contributed by atoms with E-state index in [0.717, 1.165) is 16.9 Å². The molecule has 1 fully saturated rings. The fourth-order valence-corrected chi connectivity index (χ4v) is 2.41. The summed E-state index contributed by atoms with van der Waals surface area (Å²) in [5.41, 5.74) is 2.82. The van der Waals surface area contributed by atoms with Crippen molar-refractivity contribution in [3.05, 3.63) is 36.5 Å². The van der Waals surface area contributed by atoms with Gasteiger partial charge in [-0.1, -0.05) is 30.3 Å². The summed E-state index contributed by atoms with van der Waals surface area (Å²) in [5, 5.41) is 7.02. The van der Waals surface area contributed by atoms with Gasteiger partial charge in [0.15, 0.2) is 0 Å². The highest BCUT2D eigenvalue weighted by molar-refractivity contribution is 5.74. The Kier molecular flexibility index (Phi) is 2.97. The maximum atomic E-state index is 13.2. The van der Waals surface area contributed by atoms with Gasteiger partial charge in [0.1, 0.15) is 0 Å². The number of rotatable bonds is 2. The standard InChI is InChI=1S/C14H15F2N3/c15-14(16)6-8-19(9-7-14)12-10-17-18-13(12)11-4-2-1-3-5-11/h1-5,10H,6-9H2,(H,17,18). The molecule has 19 heavy (non-hydrogen) atoms. The summed E-state index contributed by atoms with van der Waals surface area (Å²) in [6.45, 7) is 0.735. The van der Waals surface area contributed by atoms with Crippen LogP contribution in [0.2, 0.25) is 0 Å². The minimum Gasteiger partial charge on any atom is -0.368 e. The van der Waals surface area contributed by atoms with Gasteiger partial charge in [0, 0.05) is 31.5 Å². The number of hydrogen-bond acceptors (Lipinski definition) is 2. The molecular weight excluding hydrogens is 248 g/mol. The van der Waals surface area contributed by atoms with Crippen LogP contribution in [0, 0.1) is 0 Å². The molecule has 2 heterocycles. The molecule has 1 aliphatic rings. The molecule has 1 aromatic carbocycles. The van der Waals surface area contributed by atoms with Gasteiger partial charge >= 0.3 is 0 Å². The number of aromatic amines is 1. The monoisotopic (exact) mass is 263 g/mol. The lowest BCUT2D eigenvalue weighted by molar-refractivity contribution is -0.0220. The average molecular weight is 263 g/mol. The molecule has 3 rings (SSSR count). The van der Waals surface area contributed by atoms with Crippen molar-refractivity contribution in [2.75, 3.05) is 18.0 Å². The first-order chi connectivity index (χ1) is 9.16. The number of piperidine rings is 1. The first kappa shape index (κ1) is 12.1. The van der Waals surface area contributed by atoms with E-state index in [1.807, 2.05) is 35.2 Å². The molecule has 5 heteroatoms. The Balaban J connectivity index is 1.86. The Morgan fingerprint density at radius 3 is 2.47 bits per heavy atom. The average Bonchev–Trinajstić information content (AvgIpc) is 2.89. The molecule has 1 aromatic heterocycles. The van der Waals surface area contributed by atoms with Gasteiger partial charge < -0.3 is 4.90 Å². The SMILES string of the molecule is FC1(F)CCN(c2cn[nH]c2-c2ccccc2)CC1. The van der Waals surface area contributed by atoms with E-state index in [-0.39, 0.29) is 12.8 Å². The molecule has 1 saturated heterocycles. The highest BCUT2D eigenvalue weighted by Crippen LogP contribution is 2.34. The minimum atomic E-state index is -2.52. The summed E-state index contributed by atoms with van der Waals surface area (Å²) in [7, 11) is 0. The van der Waals surface area contributed by atoms with E-state index in [0.29, 0.717) is 13.1 Å². The molecule has 3 nitrogen and oxygen atoms in total. The van der Waals surface area contributed by atoms with E-state index in [2.05, 4.69) is 10.2 Å². The van der Waals surface area contributed by atoms with Gasteiger partial charge in [-0.15, -0.1) is 0 Å². The number of alkyl halides is 2. The number of halogens is 2. The third-order valence-corrected chi connectivity index (χ3v) is 3.52. The third kappa shape index (κ3) is 2.45. The summed E-state index contributed by atoms with van der Waals surface area (Å²) in [4.78, 5) is 1.98. The summed E-state index contributed by atoms with van der Waals surface area (Å²) in [6.07, 6.45) is 1.53. The normalized spacial score (nSPS) is 18.5. The van der Waals surface area contributed by atoms with Crippen molar-refractivity contribution < 1.29 is 8.78 Å². The zero-order valence-corrected chi connectivity index (χ0v) is 10.4. The molecule has 0 saturated carbocycles. The van der Waals surface area contributed by atoms with E-state index in [4.69, 9.17) is 0 Å². The predicted octanol–water partition coefficient (Wildman–Crippen LogP) is 3.31. The first-order valence-corrected chi connectivity index (χ1v) is 6.37. The van der Waals surface area contributed by atoms with Gasteiger partial charge in [-0.25, -0.2) is 8.78 Å². The van der Waals surface area contributed by atoms with Crippen molar-refractivity contribution in [2.24, 2.45) is 0 Å². The van der Waals surface area contributed by atoms with Crippen LogP contribution in [0.1, 0.15) is 12.8 Å². The van der Waals surface area contributed by atoms with E-state index >= 15 is 0 Å². The molecule has 1 aliphatic heterocycles. The largest absolute Gasteiger partial charge is 0.368 e. The fourth-order valence-electron chi connectivity index (χ4n) is 2.41. The third-order valence-electron chi connectivity index (χ3n) is 3.52. The lowest BCUT2D eigenvalue weighted by Crippen LogP contribution is -2.39. The smallest absolute Gasteiger partial charge is 0.251 e. The Morgan fingerprint density at radius 2 is 1.79 bits per heavy atom. The molecule has 2 aromatic rings. The van der Waals surface area contributed by atoms with E-state index in [1.165, 1.54) is 0 Å². The number of nitrogens with one attached hydrogen (secondary N) is 1. The number of hydrogen-bond donors (Lipinski definition) is 1. The fraction of sp³-hybridized carbons (Fsp3) is 0.357. The summed E-state index contributed by atoms with van der Waals surface area (Å²) in [5.74, 6) is -2.52. The Hall–Kier alpha value is -1.91. The van der Waals surface area contributed by atoms with Crippen LogP contribution in [0.3, 0.4) is 0 Å². The minimum absolute atomic E-state index is 0.0909. The first-order valence-electron chi connectivity index (χ1n) is 6.37. The second-order valence-electron chi connectivity index (χ2n) is 4.84. The Labute approximate surface area is 110 Å². The van der Waals surface area contributed by atoms with E-state index in [1.54, 1.807) is 6.20 Å². The quantitative estimate of drug-likeness (QED) is 0.901. The molecule has 0 radical (unpaired) electrons. The van der Waals surface area contributed by atoms with Gasteiger partial charge in [-0.05, 0) is 0 Å². The maximum absolute atomic E-state index is 13.2. The van der Waals surface area contributed by atoms with Gasteiger partial charge in [0.2, 0.25) is 0 Å². The van der Waals surface area contributed by atoms with Crippen molar-refractivity contribution in [1.29, 1.82) is 0 Å². The number of nitrogens with zero attached hydrogens (tertiary/aromatic N) is 2. The zero-order chi connectivity index (χ0) is 13.3. The molecule has 0 atom stereocenters. The molecular formula is C14H15F2N3. The second-order valence-corrected chi connectivity index (χ2v) is 4.84. The lowest BCUT2D eigenvalue weighted by Gasteiger charge is -2.33. The molecule has 0 unspecified atom stereocenters. The summed E-state index contributed by atoms with van der Waals surface area (Å²) < 4.78 is 26.4. The number of aromatic nitrogens is 2. The van der Waals surface area contributed by atoms with Crippen molar-refractivity contribution in [3.63, 3.8) is 0 Å². The topological polar surface area (TPSA) is 31.9 Å². The van der Waals surface area contributed by atoms with Gasteiger partial charge in [-0.3, -0.25) is 5.10 Å². The Morgan fingerprint density at radius 1 is 1.11 bits per heavy atom. The number of H-pyrrole nitrogens is 1. The van der Waals surface area contributed by atoms with Gasteiger partial charge in [0.05, 0.1) is 17.6 Å². The summed E-state index contributed by atoms with van der Waals surface area (Å²) in [6, 6.07) is 9.81. The molecule has 100 valence electrons.